The smallest absolute Gasteiger partial charge is 0.236 e. The SMILES string of the molecule is CCC.Cc1cc(Cl)nc(-c2ccc(B(c3c(C)cc(C)cc3C)c3c(C)cc(C)cc3C)cc2)c1. The van der Waals surface area contributed by atoms with Gasteiger partial charge in [-0.2, -0.15) is 0 Å². The van der Waals surface area contributed by atoms with Crippen molar-refractivity contribution in [1.82, 2.24) is 4.98 Å². The van der Waals surface area contributed by atoms with Gasteiger partial charge in [-0.15, -0.1) is 0 Å². The van der Waals surface area contributed by atoms with Gasteiger partial charge in [-0.1, -0.05) is 130 Å². The summed E-state index contributed by atoms with van der Waals surface area (Å²) in [6.07, 6.45) is 1.25. The maximum absolute atomic E-state index is 6.23. The first kappa shape index (κ1) is 27.7. The third kappa shape index (κ3) is 6.29. The highest BCUT2D eigenvalue weighted by atomic mass is 35.5. The zero-order valence-corrected chi connectivity index (χ0v) is 24.1. The second kappa shape index (κ2) is 11.9. The Morgan fingerprint density at radius 3 is 1.39 bits per heavy atom. The molecule has 36 heavy (non-hydrogen) atoms. The van der Waals surface area contributed by atoms with E-state index in [1.54, 1.807) is 0 Å². The van der Waals surface area contributed by atoms with Crippen LogP contribution in [0.4, 0.5) is 0 Å². The number of nitrogens with zero attached hydrogens (tertiary/aromatic N) is 1. The van der Waals surface area contributed by atoms with Crippen LogP contribution >= 0.6 is 11.6 Å². The van der Waals surface area contributed by atoms with Gasteiger partial charge >= 0.3 is 0 Å². The average Bonchev–Trinajstić information content (AvgIpc) is 2.77. The molecule has 4 aromatic rings. The van der Waals surface area contributed by atoms with E-state index in [0.717, 1.165) is 16.8 Å². The van der Waals surface area contributed by atoms with Gasteiger partial charge in [0, 0.05) is 5.56 Å². The molecule has 0 aliphatic heterocycles. The first-order chi connectivity index (χ1) is 17.0. The van der Waals surface area contributed by atoms with Crippen LogP contribution in [0.3, 0.4) is 0 Å². The van der Waals surface area contributed by atoms with Crippen molar-refractivity contribution in [2.75, 3.05) is 0 Å². The van der Waals surface area contributed by atoms with Crippen molar-refractivity contribution in [3.05, 3.63) is 105 Å². The molecule has 0 spiro atoms. The zero-order valence-electron chi connectivity index (χ0n) is 23.4. The van der Waals surface area contributed by atoms with Gasteiger partial charge < -0.3 is 0 Å². The van der Waals surface area contributed by atoms with E-state index in [0.29, 0.717) is 5.15 Å². The molecule has 0 unspecified atom stereocenters. The molecule has 0 aliphatic carbocycles. The number of benzene rings is 3. The number of aromatic nitrogens is 1. The van der Waals surface area contributed by atoms with Crippen LogP contribution in [0.1, 0.15) is 59.2 Å². The van der Waals surface area contributed by atoms with Crippen LogP contribution < -0.4 is 16.4 Å². The number of aryl methyl sites for hydroxylation is 7. The third-order valence-electron chi connectivity index (χ3n) is 6.53. The molecule has 186 valence electrons. The van der Waals surface area contributed by atoms with E-state index in [-0.39, 0.29) is 6.71 Å². The molecule has 0 N–H and O–H groups in total. The second-order valence-corrected chi connectivity index (χ2v) is 10.6. The Hall–Kier alpha value is -2.84. The van der Waals surface area contributed by atoms with E-state index in [1.165, 1.54) is 56.2 Å². The zero-order chi connectivity index (χ0) is 26.6. The van der Waals surface area contributed by atoms with Crippen LogP contribution in [0, 0.1) is 48.5 Å². The largest absolute Gasteiger partial charge is 0.242 e. The molecule has 1 heterocycles. The summed E-state index contributed by atoms with van der Waals surface area (Å²) in [5.41, 5.74) is 15.2. The molecule has 0 amide bonds. The van der Waals surface area contributed by atoms with Crippen LogP contribution in [0.25, 0.3) is 11.3 Å². The summed E-state index contributed by atoms with van der Waals surface area (Å²) < 4.78 is 0. The fraction of sp³-hybridized carbons (Fsp3) is 0.303. The quantitative estimate of drug-likeness (QED) is 0.211. The summed E-state index contributed by atoms with van der Waals surface area (Å²) in [4.78, 5) is 4.54. The summed E-state index contributed by atoms with van der Waals surface area (Å²) in [6.45, 7) is 19.8. The summed E-state index contributed by atoms with van der Waals surface area (Å²) in [5, 5.41) is 0.531. The highest BCUT2D eigenvalue weighted by Crippen LogP contribution is 2.21. The minimum Gasteiger partial charge on any atom is -0.236 e. The molecule has 0 atom stereocenters. The first-order valence-corrected chi connectivity index (χ1v) is 13.3. The molecule has 0 bridgehead atoms. The summed E-state index contributed by atoms with van der Waals surface area (Å²) in [5.74, 6) is 0. The highest BCUT2D eigenvalue weighted by Gasteiger charge is 2.28. The van der Waals surface area contributed by atoms with Crippen LogP contribution in [-0.4, -0.2) is 11.7 Å². The molecule has 0 saturated carbocycles. The molecule has 0 aliphatic rings. The van der Waals surface area contributed by atoms with Crippen molar-refractivity contribution in [3.8, 4) is 11.3 Å². The summed E-state index contributed by atoms with van der Waals surface area (Å²) in [7, 11) is 0. The molecule has 0 saturated heterocycles. The molecular formula is C33H39BClN. The standard InChI is InChI=1S/C30H31BClN.C3H8/c1-18-12-21(4)29(22(5)13-18)31(30-23(6)14-19(2)15-24(30)7)26-10-8-25(9-11-26)27-16-20(3)17-28(32)33-27;1-3-2/h8-17H,1-7H3;3H2,1-2H3. The van der Waals surface area contributed by atoms with E-state index < -0.39 is 0 Å². The number of halogens is 1. The van der Waals surface area contributed by atoms with Crippen molar-refractivity contribution in [2.24, 2.45) is 0 Å². The number of hydrogen-bond donors (Lipinski definition) is 0. The summed E-state index contributed by atoms with van der Waals surface area (Å²) >= 11 is 6.23. The number of hydrogen-bond acceptors (Lipinski definition) is 1. The minimum atomic E-state index is 0.175. The van der Waals surface area contributed by atoms with Gasteiger partial charge in [0.2, 0.25) is 6.71 Å². The van der Waals surface area contributed by atoms with Gasteiger partial charge in [-0.05, 0) is 66.2 Å². The van der Waals surface area contributed by atoms with Gasteiger partial charge in [0.1, 0.15) is 5.15 Å². The fourth-order valence-electron chi connectivity index (χ4n) is 5.39. The van der Waals surface area contributed by atoms with E-state index in [4.69, 9.17) is 11.6 Å². The van der Waals surface area contributed by atoms with Crippen LogP contribution in [0.5, 0.6) is 0 Å². The predicted octanol–water partition coefficient (Wildman–Crippen LogP) is 7.49. The Morgan fingerprint density at radius 1 is 0.611 bits per heavy atom. The monoisotopic (exact) mass is 495 g/mol. The fourth-order valence-corrected chi connectivity index (χ4v) is 5.65. The minimum absolute atomic E-state index is 0.175. The van der Waals surface area contributed by atoms with E-state index in [2.05, 4.69) is 115 Å². The Kier molecular flexibility index (Phi) is 9.20. The molecule has 4 rings (SSSR count). The molecule has 3 aromatic carbocycles. The van der Waals surface area contributed by atoms with Crippen molar-refractivity contribution in [2.45, 2.75) is 68.7 Å². The van der Waals surface area contributed by atoms with Crippen molar-refractivity contribution in [1.29, 1.82) is 0 Å². The van der Waals surface area contributed by atoms with Crippen molar-refractivity contribution >= 4 is 34.7 Å². The lowest BCUT2D eigenvalue weighted by atomic mass is 9.34. The highest BCUT2D eigenvalue weighted by molar-refractivity contribution is 6.96. The van der Waals surface area contributed by atoms with Gasteiger partial charge in [0.05, 0.1) is 5.69 Å². The van der Waals surface area contributed by atoms with E-state index in [9.17, 15) is 0 Å². The lowest BCUT2D eigenvalue weighted by Gasteiger charge is -2.24. The molecule has 3 heteroatoms. The Labute approximate surface area is 224 Å². The van der Waals surface area contributed by atoms with E-state index in [1.807, 2.05) is 13.0 Å². The van der Waals surface area contributed by atoms with Gasteiger partial charge in [0.25, 0.3) is 0 Å². The number of pyridine rings is 1. The molecule has 0 fully saturated rings. The predicted molar refractivity (Wildman–Crippen MR) is 161 cm³/mol. The van der Waals surface area contributed by atoms with Crippen LogP contribution in [0.2, 0.25) is 5.15 Å². The average molecular weight is 496 g/mol. The number of rotatable bonds is 4. The topological polar surface area (TPSA) is 12.9 Å². The molecule has 0 radical (unpaired) electrons. The normalized spacial score (nSPS) is 10.6. The van der Waals surface area contributed by atoms with Gasteiger partial charge in [-0.25, -0.2) is 4.98 Å². The maximum Gasteiger partial charge on any atom is 0.242 e. The molecule has 1 aromatic heterocycles. The molecular weight excluding hydrogens is 457 g/mol. The van der Waals surface area contributed by atoms with Crippen LogP contribution in [0.15, 0.2) is 60.7 Å². The lowest BCUT2D eigenvalue weighted by Crippen LogP contribution is -2.55. The Balaban J connectivity index is 0.00000115. The Bertz CT molecular complexity index is 1230. The van der Waals surface area contributed by atoms with E-state index >= 15 is 0 Å². The van der Waals surface area contributed by atoms with Gasteiger partial charge in [-0.3, -0.25) is 0 Å². The molecule has 1 nitrogen and oxygen atoms in total. The second-order valence-electron chi connectivity index (χ2n) is 10.2. The van der Waals surface area contributed by atoms with Gasteiger partial charge in [0.15, 0.2) is 0 Å². The van der Waals surface area contributed by atoms with Crippen molar-refractivity contribution in [3.63, 3.8) is 0 Å². The van der Waals surface area contributed by atoms with Crippen molar-refractivity contribution < 1.29 is 0 Å². The van der Waals surface area contributed by atoms with Crippen LogP contribution in [-0.2, 0) is 0 Å². The summed E-state index contributed by atoms with van der Waals surface area (Å²) in [6, 6.07) is 22.1. The third-order valence-corrected chi connectivity index (χ3v) is 6.73. The Morgan fingerprint density at radius 2 is 1.00 bits per heavy atom. The first-order valence-electron chi connectivity index (χ1n) is 13.0. The lowest BCUT2D eigenvalue weighted by molar-refractivity contribution is 1.09. The maximum atomic E-state index is 6.23.